The zero-order valence-corrected chi connectivity index (χ0v) is 24.0. The van der Waals surface area contributed by atoms with E-state index in [2.05, 4.69) is 20.6 Å². The summed E-state index contributed by atoms with van der Waals surface area (Å²) in [5, 5.41) is 32.2. The average Bonchev–Trinajstić information content (AvgIpc) is 2.96. The van der Waals surface area contributed by atoms with Crippen molar-refractivity contribution in [2.45, 2.75) is 39.0 Å². The first-order valence-electron chi connectivity index (χ1n) is 13.2. The molecule has 4 rings (SSSR count). The van der Waals surface area contributed by atoms with Gasteiger partial charge in [0.15, 0.2) is 5.65 Å². The van der Waals surface area contributed by atoms with Crippen molar-refractivity contribution < 1.29 is 46.9 Å². The predicted octanol–water partition coefficient (Wildman–Crippen LogP) is 3.57. The summed E-state index contributed by atoms with van der Waals surface area (Å²) in [5.41, 5.74) is 0.418. The molecule has 16 heteroatoms. The Bertz CT molecular complexity index is 1750. The van der Waals surface area contributed by atoms with Crippen LogP contribution >= 0.6 is 0 Å². The van der Waals surface area contributed by atoms with Gasteiger partial charge in [-0.05, 0) is 56.7 Å². The van der Waals surface area contributed by atoms with Crippen LogP contribution in [0.4, 0.5) is 27.9 Å². The van der Waals surface area contributed by atoms with Crippen LogP contribution in [0.3, 0.4) is 0 Å². The Kier molecular flexibility index (Phi) is 10.9. The molecular formula is C29H28F5N5O6. The molecule has 0 aliphatic heterocycles. The number of benzene rings is 2. The maximum Gasteiger partial charge on any atom is 0.490 e. The van der Waals surface area contributed by atoms with Gasteiger partial charge in [-0.2, -0.15) is 18.2 Å². The molecule has 1 amide bonds. The second kappa shape index (κ2) is 14.2. The number of aromatic nitrogens is 3. The molecule has 0 saturated heterocycles. The molecule has 0 spiro atoms. The SMILES string of the molecule is Cc1ccc(C(=O)NC(C)C)cc1-c1nc(NC(CO)CO)nc2c1ccc(=O)n2-c1c(F)cccc1F.O=C(O)C(F)(F)F. The lowest BCUT2D eigenvalue weighted by atomic mass is 9.99. The van der Waals surface area contributed by atoms with Crippen LogP contribution in [0.5, 0.6) is 0 Å². The minimum Gasteiger partial charge on any atom is -0.475 e. The summed E-state index contributed by atoms with van der Waals surface area (Å²) in [5.74, 6) is -5.10. The van der Waals surface area contributed by atoms with E-state index in [1.165, 1.54) is 12.1 Å². The van der Waals surface area contributed by atoms with Gasteiger partial charge in [-0.15, -0.1) is 0 Å². The number of halogens is 5. The molecule has 0 unspecified atom stereocenters. The van der Waals surface area contributed by atoms with E-state index in [1.807, 2.05) is 13.8 Å². The van der Waals surface area contributed by atoms with Crippen LogP contribution in [0.15, 0.2) is 53.3 Å². The molecule has 0 fully saturated rings. The molecule has 2 aromatic carbocycles. The topological polar surface area (TPSA) is 167 Å². The van der Waals surface area contributed by atoms with Crippen LogP contribution in [0.25, 0.3) is 28.0 Å². The van der Waals surface area contributed by atoms with E-state index in [9.17, 15) is 41.8 Å². The number of carboxylic acids is 1. The van der Waals surface area contributed by atoms with Crippen molar-refractivity contribution in [2.24, 2.45) is 0 Å². The van der Waals surface area contributed by atoms with E-state index in [4.69, 9.17) is 9.90 Å². The molecule has 0 saturated carbocycles. The Labute approximate surface area is 252 Å². The first-order valence-corrected chi connectivity index (χ1v) is 13.2. The Hall–Kier alpha value is -4.96. The monoisotopic (exact) mass is 637 g/mol. The van der Waals surface area contributed by atoms with E-state index in [1.54, 1.807) is 25.1 Å². The molecule has 11 nitrogen and oxygen atoms in total. The molecule has 0 bridgehead atoms. The van der Waals surface area contributed by atoms with Crippen molar-refractivity contribution >= 4 is 28.9 Å². The number of para-hydroxylation sites is 1. The number of alkyl halides is 3. The van der Waals surface area contributed by atoms with Crippen LogP contribution in [-0.2, 0) is 4.79 Å². The highest BCUT2D eigenvalue weighted by Crippen LogP contribution is 2.32. The maximum atomic E-state index is 14.8. The number of nitrogens with one attached hydrogen (secondary N) is 2. The first kappa shape index (κ1) is 34.5. The van der Waals surface area contributed by atoms with Gasteiger partial charge in [-0.3, -0.25) is 14.2 Å². The van der Waals surface area contributed by atoms with E-state index in [-0.39, 0.29) is 34.6 Å². The second-order valence-corrected chi connectivity index (χ2v) is 9.88. The fraction of sp³-hybridized carbons (Fsp3) is 0.276. The molecule has 0 atom stereocenters. The third-order valence-corrected chi connectivity index (χ3v) is 6.10. The van der Waals surface area contributed by atoms with Gasteiger partial charge in [0.25, 0.3) is 11.5 Å². The molecule has 2 heterocycles. The van der Waals surface area contributed by atoms with Crippen molar-refractivity contribution in [3.8, 4) is 16.9 Å². The zero-order chi connectivity index (χ0) is 33.6. The van der Waals surface area contributed by atoms with Crippen LogP contribution in [0, 0.1) is 18.6 Å². The molecule has 5 N–H and O–H groups in total. The first-order chi connectivity index (χ1) is 21.1. The van der Waals surface area contributed by atoms with E-state index < -0.39 is 54.3 Å². The summed E-state index contributed by atoms with van der Waals surface area (Å²) in [7, 11) is 0. The van der Waals surface area contributed by atoms with Gasteiger partial charge in [-0.25, -0.2) is 18.6 Å². The number of carbonyl (C=O) groups excluding carboxylic acids is 1. The summed E-state index contributed by atoms with van der Waals surface area (Å²) in [6.07, 6.45) is -5.08. The number of aliphatic carboxylic acids is 1. The van der Waals surface area contributed by atoms with Gasteiger partial charge in [-0.1, -0.05) is 12.1 Å². The van der Waals surface area contributed by atoms with Gasteiger partial charge in [0, 0.05) is 28.6 Å². The number of aliphatic hydroxyl groups is 2. The number of rotatable bonds is 8. The molecule has 4 aromatic rings. The van der Waals surface area contributed by atoms with Crippen LogP contribution in [0.1, 0.15) is 29.8 Å². The number of anilines is 1. The van der Waals surface area contributed by atoms with Crippen molar-refractivity contribution in [3.63, 3.8) is 0 Å². The average molecular weight is 638 g/mol. The number of hydrogen-bond acceptors (Lipinski definition) is 8. The second-order valence-electron chi connectivity index (χ2n) is 9.88. The van der Waals surface area contributed by atoms with Crippen LogP contribution in [-0.4, -0.2) is 73.2 Å². The number of nitrogens with zero attached hydrogens (tertiary/aromatic N) is 3. The highest BCUT2D eigenvalue weighted by Gasteiger charge is 2.38. The molecule has 45 heavy (non-hydrogen) atoms. The molecular weight excluding hydrogens is 609 g/mol. The van der Waals surface area contributed by atoms with Crippen molar-refractivity contribution in [1.29, 1.82) is 0 Å². The molecule has 2 aromatic heterocycles. The van der Waals surface area contributed by atoms with Crippen molar-refractivity contribution in [1.82, 2.24) is 19.9 Å². The Morgan fingerprint density at radius 2 is 1.58 bits per heavy atom. The quantitative estimate of drug-likeness (QED) is 0.182. The lowest BCUT2D eigenvalue weighted by Gasteiger charge is -2.18. The molecule has 0 aliphatic carbocycles. The molecule has 0 radical (unpaired) electrons. The minimum atomic E-state index is -5.08. The van der Waals surface area contributed by atoms with E-state index >= 15 is 0 Å². The van der Waals surface area contributed by atoms with Crippen LogP contribution in [0.2, 0.25) is 0 Å². The third-order valence-electron chi connectivity index (χ3n) is 6.10. The highest BCUT2D eigenvalue weighted by molar-refractivity contribution is 5.98. The fourth-order valence-corrected chi connectivity index (χ4v) is 4.00. The van der Waals surface area contributed by atoms with E-state index in [0.29, 0.717) is 11.1 Å². The van der Waals surface area contributed by atoms with E-state index in [0.717, 1.165) is 28.3 Å². The number of carbonyl (C=O) groups is 2. The van der Waals surface area contributed by atoms with Gasteiger partial charge >= 0.3 is 12.1 Å². The maximum absolute atomic E-state index is 14.8. The number of amides is 1. The van der Waals surface area contributed by atoms with Gasteiger partial charge in [0.2, 0.25) is 5.95 Å². The normalized spacial score (nSPS) is 11.4. The van der Waals surface area contributed by atoms with Gasteiger partial charge in [0.05, 0.1) is 24.9 Å². The summed E-state index contributed by atoms with van der Waals surface area (Å²) in [6.45, 7) is 4.56. The number of pyridine rings is 1. The van der Waals surface area contributed by atoms with Gasteiger partial charge in [0.1, 0.15) is 17.3 Å². The summed E-state index contributed by atoms with van der Waals surface area (Å²) in [6, 6.07) is 9.93. The highest BCUT2D eigenvalue weighted by atomic mass is 19.4. The fourth-order valence-electron chi connectivity index (χ4n) is 4.00. The summed E-state index contributed by atoms with van der Waals surface area (Å²) in [4.78, 5) is 43.5. The Morgan fingerprint density at radius 1 is 0.978 bits per heavy atom. The minimum absolute atomic E-state index is 0.0954. The number of aliphatic hydroxyl groups excluding tert-OH is 2. The van der Waals surface area contributed by atoms with Crippen LogP contribution < -0.4 is 16.2 Å². The molecule has 240 valence electrons. The smallest absolute Gasteiger partial charge is 0.475 e. The number of aryl methyl sites for hydroxylation is 1. The standard InChI is InChI=1S/C27H27F2N5O4.C2HF3O2/c1-14(2)30-26(38)16-8-7-15(3)19(11-16)23-18-9-10-22(37)34(24-20(28)5-4-6-21(24)29)25(18)33-27(32-23)31-17(12-35)13-36;3-2(4,5)1(6)7/h4-11,14,17,35-36H,12-13H2,1-3H3,(H,30,38)(H,31,32,33);(H,6,7). The lowest BCUT2D eigenvalue weighted by Crippen LogP contribution is -2.30. The summed E-state index contributed by atoms with van der Waals surface area (Å²) < 4.78 is 62.2. The van der Waals surface area contributed by atoms with Gasteiger partial charge < -0.3 is 26.0 Å². The zero-order valence-electron chi connectivity index (χ0n) is 24.0. The Balaban J connectivity index is 0.000000707. The molecule has 0 aliphatic rings. The number of fused-ring (bicyclic) bond motifs is 1. The Morgan fingerprint density at radius 3 is 2.11 bits per heavy atom. The van der Waals surface area contributed by atoms with Crippen molar-refractivity contribution in [2.75, 3.05) is 18.5 Å². The van der Waals surface area contributed by atoms with Crippen molar-refractivity contribution in [3.05, 3.63) is 81.6 Å². The third kappa shape index (κ3) is 8.16. The summed E-state index contributed by atoms with van der Waals surface area (Å²) >= 11 is 0. The predicted molar refractivity (Wildman–Crippen MR) is 153 cm³/mol. The largest absolute Gasteiger partial charge is 0.490 e. The number of carboxylic acid groups (broad SMARTS) is 1. The lowest BCUT2D eigenvalue weighted by molar-refractivity contribution is -0.192. The number of hydrogen-bond donors (Lipinski definition) is 5.